The van der Waals surface area contributed by atoms with E-state index in [-0.39, 0.29) is 18.2 Å². The second-order valence-electron chi connectivity index (χ2n) is 6.91. The van der Waals surface area contributed by atoms with Crippen LogP contribution >= 0.6 is 0 Å². The third-order valence-corrected chi connectivity index (χ3v) is 4.76. The van der Waals surface area contributed by atoms with Gasteiger partial charge in [0.2, 0.25) is 11.8 Å². The summed E-state index contributed by atoms with van der Waals surface area (Å²) in [5.41, 5.74) is 2.13. The Labute approximate surface area is 167 Å². The number of hydrazone groups is 1. The average Bonchev–Trinajstić information content (AvgIpc) is 3.51. The third-order valence-electron chi connectivity index (χ3n) is 4.76. The molecule has 3 rings (SSSR count). The minimum absolute atomic E-state index is 0.224. The molecule has 8 heteroatoms. The lowest BCUT2D eigenvalue weighted by atomic mass is 10.0. The minimum atomic E-state index is -1.01. The van der Waals surface area contributed by atoms with Gasteiger partial charge in [0.05, 0.1) is 30.5 Å². The quantitative estimate of drug-likeness (QED) is 0.308. The zero-order chi connectivity index (χ0) is 20.8. The average molecular weight is 394 g/mol. The van der Waals surface area contributed by atoms with Crippen LogP contribution < -0.4 is 16.5 Å². The van der Waals surface area contributed by atoms with Crippen molar-refractivity contribution in [3.05, 3.63) is 65.7 Å². The van der Waals surface area contributed by atoms with Crippen molar-refractivity contribution in [1.29, 1.82) is 0 Å². The van der Waals surface area contributed by atoms with Gasteiger partial charge < -0.3 is 21.6 Å². The maximum Gasteiger partial charge on any atom is 0.305 e. The summed E-state index contributed by atoms with van der Waals surface area (Å²) in [5.74, 6) is 2.66. The zero-order valence-electron chi connectivity index (χ0n) is 15.6. The number of nitrogens with zero attached hydrogens (tertiary/aromatic N) is 1. The van der Waals surface area contributed by atoms with Crippen LogP contribution in [-0.2, 0) is 14.4 Å². The maximum absolute atomic E-state index is 12.5. The van der Waals surface area contributed by atoms with Gasteiger partial charge in [-0.25, -0.2) is 0 Å². The summed E-state index contributed by atoms with van der Waals surface area (Å²) in [7, 11) is 0. The van der Waals surface area contributed by atoms with Crippen LogP contribution in [0.15, 0.2) is 59.7 Å². The molecule has 5 N–H and O–H groups in total. The highest BCUT2D eigenvalue weighted by Crippen LogP contribution is 2.40. The van der Waals surface area contributed by atoms with E-state index in [2.05, 4.69) is 15.7 Å². The molecule has 3 atom stereocenters. The summed E-state index contributed by atoms with van der Waals surface area (Å²) in [5, 5.41) is 18.1. The molecule has 2 amide bonds. The monoisotopic (exact) mass is 394 g/mol. The Bertz CT molecular complexity index is 912. The summed E-state index contributed by atoms with van der Waals surface area (Å²) >= 11 is 0. The van der Waals surface area contributed by atoms with Crippen molar-refractivity contribution in [3.8, 4) is 0 Å². The molecule has 2 aromatic rings. The van der Waals surface area contributed by atoms with Crippen LogP contribution in [0.2, 0.25) is 0 Å². The number of anilines is 1. The lowest BCUT2D eigenvalue weighted by Gasteiger charge is -2.17. The largest absolute Gasteiger partial charge is 0.481 e. The van der Waals surface area contributed by atoms with Gasteiger partial charge in [0, 0.05) is 5.69 Å². The molecule has 1 saturated carbocycles. The predicted molar refractivity (Wildman–Crippen MR) is 108 cm³/mol. The summed E-state index contributed by atoms with van der Waals surface area (Å²) < 4.78 is 0. The Kier molecular flexibility index (Phi) is 6.23. The van der Waals surface area contributed by atoms with Gasteiger partial charge in [0.1, 0.15) is 0 Å². The van der Waals surface area contributed by atoms with E-state index in [0.29, 0.717) is 17.7 Å². The highest BCUT2D eigenvalue weighted by molar-refractivity contribution is 5.99. The number of rotatable bonds is 8. The number of benzene rings is 2. The maximum atomic E-state index is 12.5. The van der Waals surface area contributed by atoms with Gasteiger partial charge in [-0.3, -0.25) is 14.4 Å². The van der Waals surface area contributed by atoms with Gasteiger partial charge in [-0.15, -0.1) is 0 Å². The Morgan fingerprint density at radius 3 is 2.34 bits per heavy atom. The van der Waals surface area contributed by atoms with Crippen LogP contribution in [0.25, 0.3) is 0 Å². The molecule has 0 heterocycles. The third kappa shape index (κ3) is 5.41. The van der Waals surface area contributed by atoms with E-state index < -0.39 is 23.8 Å². The number of nitrogens with one attached hydrogen (secondary N) is 2. The van der Waals surface area contributed by atoms with Crippen molar-refractivity contribution in [2.24, 2.45) is 22.8 Å². The fourth-order valence-corrected chi connectivity index (χ4v) is 3.14. The van der Waals surface area contributed by atoms with Gasteiger partial charge in [-0.1, -0.05) is 42.5 Å². The molecule has 0 aromatic heterocycles. The lowest BCUT2D eigenvalue weighted by Crippen LogP contribution is -2.32. The Morgan fingerprint density at radius 1 is 1.07 bits per heavy atom. The molecular formula is C21H22N4O4. The van der Waals surface area contributed by atoms with E-state index in [1.54, 1.807) is 48.5 Å². The molecule has 150 valence electrons. The lowest BCUT2D eigenvalue weighted by molar-refractivity contribution is -0.138. The first kappa shape index (κ1) is 20.1. The number of aliphatic carboxylic acids is 1. The van der Waals surface area contributed by atoms with Gasteiger partial charge >= 0.3 is 5.97 Å². The van der Waals surface area contributed by atoms with Gasteiger partial charge in [-0.2, -0.15) is 5.10 Å². The number of nitrogens with two attached hydrogens (primary N) is 1. The van der Waals surface area contributed by atoms with Crippen molar-refractivity contribution in [2.45, 2.75) is 18.9 Å². The molecular weight excluding hydrogens is 372 g/mol. The number of carbonyl (C=O) groups excluding carboxylic acids is 2. The number of carboxylic acid groups (broad SMARTS) is 1. The SMILES string of the molecule is NN=Cc1ccc(NC(=O)C2CC2C(=O)NC(CC(=O)O)c2ccccc2)cc1. The number of carboxylic acids is 1. The van der Waals surface area contributed by atoms with E-state index in [4.69, 9.17) is 10.9 Å². The molecule has 2 aromatic carbocycles. The van der Waals surface area contributed by atoms with Crippen LogP contribution in [-0.4, -0.2) is 29.1 Å². The molecule has 0 radical (unpaired) electrons. The van der Waals surface area contributed by atoms with Crippen LogP contribution in [0.5, 0.6) is 0 Å². The fraction of sp³-hybridized carbons (Fsp3) is 0.238. The van der Waals surface area contributed by atoms with Crippen LogP contribution in [0, 0.1) is 11.8 Å². The molecule has 1 aliphatic carbocycles. The summed E-state index contributed by atoms with van der Waals surface area (Å²) in [6.45, 7) is 0. The van der Waals surface area contributed by atoms with Crippen molar-refractivity contribution >= 4 is 29.7 Å². The van der Waals surface area contributed by atoms with E-state index >= 15 is 0 Å². The number of amides is 2. The van der Waals surface area contributed by atoms with Crippen molar-refractivity contribution < 1.29 is 19.5 Å². The summed E-state index contributed by atoms with van der Waals surface area (Å²) in [4.78, 5) is 36.1. The number of carbonyl (C=O) groups is 3. The molecule has 0 spiro atoms. The van der Waals surface area contributed by atoms with Crippen molar-refractivity contribution in [1.82, 2.24) is 5.32 Å². The molecule has 8 nitrogen and oxygen atoms in total. The molecule has 0 saturated heterocycles. The number of hydrogen-bond donors (Lipinski definition) is 4. The van der Waals surface area contributed by atoms with E-state index in [1.807, 2.05) is 6.07 Å². The van der Waals surface area contributed by atoms with Crippen LogP contribution in [0.4, 0.5) is 5.69 Å². The molecule has 1 fully saturated rings. The second kappa shape index (κ2) is 9.01. The minimum Gasteiger partial charge on any atom is -0.481 e. The Balaban J connectivity index is 1.57. The first-order chi connectivity index (χ1) is 14.0. The highest BCUT2D eigenvalue weighted by Gasteiger charge is 2.48. The second-order valence-corrected chi connectivity index (χ2v) is 6.91. The van der Waals surface area contributed by atoms with Gasteiger partial charge in [-0.05, 0) is 29.7 Å². The zero-order valence-corrected chi connectivity index (χ0v) is 15.6. The molecule has 0 bridgehead atoms. The molecule has 0 aliphatic heterocycles. The summed E-state index contributed by atoms with van der Waals surface area (Å²) in [6.07, 6.45) is 1.70. The Morgan fingerprint density at radius 2 is 1.72 bits per heavy atom. The van der Waals surface area contributed by atoms with Crippen molar-refractivity contribution in [2.75, 3.05) is 5.32 Å². The highest BCUT2D eigenvalue weighted by atomic mass is 16.4. The predicted octanol–water partition coefficient (Wildman–Crippen LogP) is 1.89. The topological polar surface area (TPSA) is 134 Å². The molecule has 3 unspecified atom stereocenters. The van der Waals surface area contributed by atoms with Crippen LogP contribution in [0.3, 0.4) is 0 Å². The fourth-order valence-electron chi connectivity index (χ4n) is 3.14. The smallest absolute Gasteiger partial charge is 0.305 e. The Hall–Kier alpha value is -3.68. The van der Waals surface area contributed by atoms with E-state index in [1.165, 1.54) is 6.21 Å². The number of hydrogen-bond acceptors (Lipinski definition) is 5. The van der Waals surface area contributed by atoms with E-state index in [9.17, 15) is 14.4 Å². The van der Waals surface area contributed by atoms with E-state index in [0.717, 1.165) is 5.56 Å². The van der Waals surface area contributed by atoms with Crippen molar-refractivity contribution in [3.63, 3.8) is 0 Å². The van der Waals surface area contributed by atoms with Gasteiger partial charge in [0.15, 0.2) is 0 Å². The normalized spacial score (nSPS) is 18.8. The molecule has 1 aliphatic rings. The molecule has 29 heavy (non-hydrogen) atoms. The standard InChI is InChI=1S/C21H22N4O4/c22-23-12-13-6-8-15(9-7-13)24-20(28)16-10-17(16)21(29)25-18(11-19(26)27)14-4-2-1-3-5-14/h1-9,12,16-18H,10-11,22H2,(H,24,28)(H,25,29)(H,26,27). The first-order valence-electron chi connectivity index (χ1n) is 9.19. The van der Waals surface area contributed by atoms with Gasteiger partial charge in [0.25, 0.3) is 0 Å². The van der Waals surface area contributed by atoms with Crippen LogP contribution in [0.1, 0.15) is 30.0 Å². The summed E-state index contributed by atoms with van der Waals surface area (Å²) in [6, 6.07) is 15.3. The first-order valence-corrected chi connectivity index (χ1v) is 9.19.